The Labute approximate surface area is 135 Å². The summed E-state index contributed by atoms with van der Waals surface area (Å²) in [7, 11) is 2.17. The average Bonchev–Trinajstić information content (AvgIpc) is 2.46. The highest BCUT2D eigenvalue weighted by molar-refractivity contribution is 5.85. The molecule has 2 rings (SSSR count). The van der Waals surface area contributed by atoms with Gasteiger partial charge in [-0.05, 0) is 28.8 Å². The highest BCUT2D eigenvalue weighted by Gasteiger charge is 2.03. The highest BCUT2D eigenvalue weighted by atomic mass is 15.1. The lowest BCUT2D eigenvalue weighted by Crippen LogP contribution is -2.17. The lowest BCUT2D eigenvalue weighted by atomic mass is 9.96. The van der Waals surface area contributed by atoms with Crippen molar-refractivity contribution < 1.29 is 0 Å². The number of likely N-dealkylation sites (N-methyl/N-ethyl adjacent to an activating group) is 1. The zero-order chi connectivity index (χ0) is 16.0. The fraction of sp³-hybridized carbons (Fsp3) is 0.333. The summed E-state index contributed by atoms with van der Waals surface area (Å²) >= 11 is 0. The number of allylic oxidation sites excluding steroid dienone is 3. The SMILES string of the molecule is CN(CC=CC=CC(C)(C)C)Cc1cccc2ccccc12. The Kier molecular flexibility index (Phi) is 5.57. The summed E-state index contributed by atoms with van der Waals surface area (Å²) in [6.45, 7) is 8.56. The number of benzene rings is 2. The first-order valence-corrected chi connectivity index (χ1v) is 7.95. The summed E-state index contributed by atoms with van der Waals surface area (Å²) in [4.78, 5) is 2.34. The molecule has 2 aromatic carbocycles. The molecule has 0 saturated carbocycles. The Balaban J connectivity index is 1.95. The van der Waals surface area contributed by atoms with E-state index in [2.05, 4.69) is 99.5 Å². The second-order valence-corrected chi connectivity index (χ2v) is 6.99. The van der Waals surface area contributed by atoms with E-state index in [1.165, 1.54) is 16.3 Å². The molecule has 116 valence electrons. The molecule has 0 N–H and O–H groups in total. The predicted molar refractivity (Wildman–Crippen MR) is 98.0 cm³/mol. The van der Waals surface area contributed by atoms with Gasteiger partial charge < -0.3 is 0 Å². The molecule has 0 saturated heterocycles. The molecule has 0 aromatic heterocycles. The van der Waals surface area contributed by atoms with Crippen LogP contribution in [0.15, 0.2) is 66.8 Å². The van der Waals surface area contributed by atoms with Gasteiger partial charge in [-0.2, -0.15) is 0 Å². The molecule has 0 aliphatic heterocycles. The summed E-state index contributed by atoms with van der Waals surface area (Å²) in [5, 5.41) is 2.67. The number of nitrogens with zero attached hydrogens (tertiary/aromatic N) is 1. The van der Waals surface area contributed by atoms with Crippen LogP contribution in [0, 0.1) is 5.41 Å². The molecule has 0 amide bonds. The number of hydrogen-bond donors (Lipinski definition) is 0. The van der Waals surface area contributed by atoms with Crippen LogP contribution in [0.5, 0.6) is 0 Å². The molecule has 2 aromatic rings. The van der Waals surface area contributed by atoms with Gasteiger partial charge in [-0.25, -0.2) is 0 Å². The van der Waals surface area contributed by atoms with Gasteiger partial charge in [0.25, 0.3) is 0 Å². The lowest BCUT2D eigenvalue weighted by Gasteiger charge is -2.16. The van der Waals surface area contributed by atoms with Crippen molar-refractivity contribution in [3.8, 4) is 0 Å². The van der Waals surface area contributed by atoms with Gasteiger partial charge in [0, 0.05) is 13.1 Å². The normalized spacial score (nSPS) is 13.0. The fourth-order valence-corrected chi connectivity index (χ4v) is 2.45. The van der Waals surface area contributed by atoms with Gasteiger partial charge in [0.1, 0.15) is 0 Å². The van der Waals surface area contributed by atoms with E-state index in [0.29, 0.717) is 0 Å². The minimum Gasteiger partial charge on any atom is -0.298 e. The molecule has 0 atom stereocenters. The average molecular weight is 293 g/mol. The lowest BCUT2D eigenvalue weighted by molar-refractivity contribution is 0.365. The van der Waals surface area contributed by atoms with Crippen molar-refractivity contribution >= 4 is 10.8 Å². The molecule has 0 aliphatic carbocycles. The third-order valence-corrected chi connectivity index (χ3v) is 3.58. The van der Waals surface area contributed by atoms with Gasteiger partial charge in [0.2, 0.25) is 0 Å². The van der Waals surface area contributed by atoms with Crippen LogP contribution in [0.2, 0.25) is 0 Å². The van der Waals surface area contributed by atoms with Crippen LogP contribution in [0.25, 0.3) is 10.8 Å². The third kappa shape index (κ3) is 5.16. The van der Waals surface area contributed by atoms with Crippen LogP contribution in [-0.4, -0.2) is 18.5 Å². The largest absolute Gasteiger partial charge is 0.298 e. The fourth-order valence-electron chi connectivity index (χ4n) is 2.45. The first kappa shape index (κ1) is 16.5. The van der Waals surface area contributed by atoms with Gasteiger partial charge in [0.15, 0.2) is 0 Å². The van der Waals surface area contributed by atoms with Crippen LogP contribution < -0.4 is 0 Å². The Hall–Kier alpha value is -1.86. The van der Waals surface area contributed by atoms with Gasteiger partial charge in [-0.15, -0.1) is 0 Å². The second-order valence-electron chi connectivity index (χ2n) is 6.99. The van der Waals surface area contributed by atoms with E-state index in [9.17, 15) is 0 Å². The number of hydrogen-bond acceptors (Lipinski definition) is 1. The molecule has 0 bridgehead atoms. The van der Waals surface area contributed by atoms with Crippen molar-refractivity contribution in [2.45, 2.75) is 27.3 Å². The summed E-state index contributed by atoms with van der Waals surface area (Å²) in [5.41, 5.74) is 1.64. The van der Waals surface area contributed by atoms with E-state index in [1.807, 2.05) is 0 Å². The maximum atomic E-state index is 2.34. The van der Waals surface area contributed by atoms with Crippen molar-refractivity contribution in [2.24, 2.45) is 5.41 Å². The van der Waals surface area contributed by atoms with E-state index in [0.717, 1.165) is 13.1 Å². The molecule has 22 heavy (non-hydrogen) atoms. The van der Waals surface area contributed by atoms with Gasteiger partial charge >= 0.3 is 0 Å². The Bertz CT molecular complexity index is 654. The summed E-state index contributed by atoms with van der Waals surface area (Å²) < 4.78 is 0. The molecule has 0 radical (unpaired) electrons. The topological polar surface area (TPSA) is 3.24 Å². The van der Waals surface area contributed by atoms with Crippen LogP contribution in [0.3, 0.4) is 0 Å². The summed E-state index contributed by atoms with van der Waals surface area (Å²) in [5.74, 6) is 0. The maximum absolute atomic E-state index is 2.34. The van der Waals surface area contributed by atoms with Gasteiger partial charge in [-0.1, -0.05) is 87.5 Å². The highest BCUT2D eigenvalue weighted by Crippen LogP contribution is 2.19. The number of rotatable bonds is 5. The van der Waals surface area contributed by atoms with E-state index in [4.69, 9.17) is 0 Å². The van der Waals surface area contributed by atoms with Gasteiger partial charge in [-0.3, -0.25) is 4.90 Å². The van der Waals surface area contributed by atoms with E-state index >= 15 is 0 Å². The molecule has 0 fully saturated rings. The number of fused-ring (bicyclic) bond motifs is 1. The van der Waals surface area contributed by atoms with Crippen LogP contribution >= 0.6 is 0 Å². The minimum atomic E-state index is 0.249. The van der Waals surface area contributed by atoms with Crippen molar-refractivity contribution in [1.82, 2.24) is 4.90 Å². The summed E-state index contributed by atoms with van der Waals surface area (Å²) in [6, 6.07) is 15.1. The van der Waals surface area contributed by atoms with E-state index in [1.54, 1.807) is 0 Å². The molecule has 1 heteroatoms. The first-order chi connectivity index (χ1) is 10.5. The molecule has 0 heterocycles. The van der Waals surface area contributed by atoms with Gasteiger partial charge in [0.05, 0.1) is 0 Å². The van der Waals surface area contributed by atoms with Crippen molar-refractivity contribution in [1.29, 1.82) is 0 Å². The van der Waals surface area contributed by atoms with Crippen molar-refractivity contribution in [3.63, 3.8) is 0 Å². The monoisotopic (exact) mass is 293 g/mol. The standard InChI is InChI=1S/C21H27N/c1-21(2,3)15-8-5-9-16-22(4)17-19-13-10-12-18-11-6-7-14-20(18)19/h5-15H,16-17H2,1-4H3. The Morgan fingerprint density at radius 2 is 1.68 bits per heavy atom. The molecule has 0 aliphatic rings. The van der Waals surface area contributed by atoms with E-state index in [-0.39, 0.29) is 5.41 Å². The molecule has 0 spiro atoms. The zero-order valence-electron chi connectivity index (χ0n) is 14.2. The Morgan fingerprint density at radius 1 is 0.955 bits per heavy atom. The second kappa shape index (κ2) is 7.42. The predicted octanol–water partition coefficient (Wildman–Crippen LogP) is 5.43. The first-order valence-electron chi connectivity index (χ1n) is 7.95. The molecular formula is C21H27N. The smallest absolute Gasteiger partial charge is 0.0240 e. The zero-order valence-corrected chi connectivity index (χ0v) is 14.2. The molecule has 0 unspecified atom stereocenters. The molecular weight excluding hydrogens is 266 g/mol. The molecule has 1 nitrogen and oxygen atoms in total. The van der Waals surface area contributed by atoms with Crippen molar-refractivity contribution in [2.75, 3.05) is 13.6 Å². The van der Waals surface area contributed by atoms with Crippen LogP contribution in [-0.2, 0) is 6.54 Å². The van der Waals surface area contributed by atoms with Crippen LogP contribution in [0.1, 0.15) is 26.3 Å². The quantitative estimate of drug-likeness (QED) is 0.664. The van der Waals surface area contributed by atoms with E-state index < -0.39 is 0 Å². The third-order valence-electron chi connectivity index (χ3n) is 3.58. The maximum Gasteiger partial charge on any atom is 0.0240 e. The van der Waals surface area contributed by atoms with Crippen molar-refractivity contribution in [3.05, 3.63) is 72.3 Å². The Morgan fingerprint density at radius 3 is 2.45 bits per heavy atom. The minimum absolute atomic E-state index is 0.249. The summed E-state index contributed by atoms with van der Waals surface area (Å²) in [6.07, 6.45) is 8.73. The van der Waals surface area contributed by atoms with Crippen LogP contribution in [0.4, 0.5) is 0 Å².